The molecular formula is C17H34N2. The molecule has 1 N–H and O–H groups in total. The number of nitrogens with zero attached hydrogens (tertiary/aromatic N) is 1. The van der Waals surface area contributed by atoms with Gasteiger partial charge in [-0.25, -0.2) is 0 Å². The van der Waals surface area contributed by atoms with Crippen molar-refractivity contribution in [1.29, 1.82) is 0 Å². The Bertz CT molecular complexity index is 242. The van der Waals surface area contributed by atoms with Crippen molar-refractivity contribution < 1.29 is 0 Å². The van der Waals surface area contributed by atoms with Crippen molar-refractivity contribution in [3.05, 3.63) is 0 Å². The third-order valence-electron chi connectivity index (χ3n) is 5.24. The molecule has 1 saturated heterocycles. The summed E-state index contributed by atoms with van der Waals surface area (Å²) in [6, 6.07) is 0. The van der Waals surface area contributed by atoms with Gasteiger partial charge in [0.05, 0.1) is 0 Å². The van der Waals surface area contributed by atoms with Crippen LogP contribution in [0.2, 0.25) is 0 Å². The number of hydrogen-bond acceptors (Lipinski definition) is 2. The molecule has 0 amide bonds. The minimum Gasteiger partial charge on any atom is -0.319 e. The van der Waals surface area contributed by atoms with Crippen LogP contribution in [0.5, 0.6) is 0 Å². The first-order valence-corrected chi connectivity index (χ1v) is 8.61. The molecule has 0 aromatic rings. The van der Waals surface area contributed by atoms with E-state index in [0.29, 0.717) is 5.41 Å². The van der Waals surface area contributed by atoms with Crippen molar-refractivity contribution in [2.75, 3.05) is 33.2 Å². The lowest BCUT2D eigenvalue weighted by Gasteiger charge is -2.44. The molecule has 1 heterocycles. The molecule has 0 bridgehead atoms. The molecule has 2 nitrogen and oxygen atoms in total. The minimum atomic E-state index is 0.561. The highest BCUT2D eigenvalue weighted by Crippen LogP contribution is 2.39. The molecule has 1 saturated carbocycles. The van der Waals surface area contributed by atoms with Gasteiger partial charge >= 0.3 is 0 Å². The Labute approximate surface area is 120 Å². The van der Waals surface area contributed by atoms with Gasteiger partial charge < -0.3 is 10.2 Å². The highest BCUT2D eigenvalue weighted by Gasteiger charge is 2.35. The van der Waals surface area contributed by atoms with Gasteiger partial charge in [0.1, 0.15) is 0 Å². The lowest BCUT2D eigenvalue weighted by molar-refractivity contribution is 0.0775. The van der Waals surface area contributed by atoms with Gasteiger partial charge in [-0.1, -0.05) is 39.0 Å². The Morgan fingerprint density at radius 2 is 1.74 bits per heavy atom. The van der Waals surface area contributed by atoms with E-state index in [1.807, 2.05) is 0 Å². The molecular weight excluding hydrogens is 232 g/mol. The van der Waals surface area contributed by atoms with E-state index in [0.717, 1.165) is 5.92 Å². The summed E-state index contributed by atoms with van der Waals surface area (Å²) in [6.45, 7) is 7.71. The third-order valence-corrected chi connectivity index (χ3v) is 5.24. The molecule has 19 heavy (non-hydrogen) atoms. The first-order valence-electron chi connectivity index (χ1n) is 8.61. The van der Waals surface area contributed by atoms with Gasteiger partial charge in [-0.3, -0.25) is 0 Å². The summed E-state index contributed by atoms with van der Waals surface area (Å²) in [6.07, 6.45) is 13.0. The Hall–Kier alpha value is -0.0800. The molecule has 1 aliphatic heterocycles. The van der Waals surface area contributed by atoms with Gasteiger partial charge in [-0.2, -0.15) is 0 Å². The fraction of sp³-hybridized carbons (Fsp3) is 1.00. The zero-order chi connectivity index (χ0) is 13.6. The monoisotopic (exact) mass is 266 g/mol. The van der Waals surface area contributed by atoms with Crippen molar-refractivity contribution in [3.8, 4) is 0 Å². The lowest BCUT2D eigenvalue weighted by atomic mass is 9.69. The number of likely N-dealkylation sites (tertiary alicyclic amines) is 1. The van der Waals surface area contributed by atoms with Gasteiger partial charge in [-0.15, -0.1) is 0 Å². The second-order valence-electron chi connectivity index (χ2n) is 7.28. The molecule has 0 aromatic carbocycles. The molecule has 2 heteroatoms. The van der Waals surface area contributed by atoms with Gasteiger partial charge in [0.25, 0.3) is 0 Å². The lowest BCUT2D eigenvalue weighted by Crippen LogP contribution is -2.46. The normalized spacial score (nSPS) is 34.7. The van der Waals surface area contributed by atoms with Crippen LogP contribution < -0.4 is 5.32 Å². The molecule has 2 aliphatic rings. The predicted molar refractivity (Wildman–Crippen MR) is 83.5 cm³/mol. The van der Waals surface area contributed by atoms with Gasteiger partial charge in [-0.05, 0) is 57.2 Å². The standard InChI is InChI=1S/C17H34N2/c1-16-9-8-10-17(13-16,14-18-2)15-19-11-6-4-3-5-7-12-19/h16,18H,3-15H2,1-2H3. The van der Waals surface area contributed by atoms with Crippen LogP contribution in [0.3, 0.4) is 0 Å². The number of nitrogens with one attached hydrogen (secondary N) is 1. The van der Waals surface area contributed by atoms with Crippen molar-refractivity contribution in [2.24, 2.45) is 11.3 Å². The fourth-order valence-corrected chi connectivity index (χ4v) is 4.45. The highest BCUT2D eigenvalue weighted by molar-refractivity contribution is 4.89. The maximum absolute atomic E-state index is 3.49. The molecule has 2 atom stereocenters. The van der Waals surface area contributed by atoms with Crippen LogP contribution in [0, 0.1) is 11.3 Å². The predicted octanol–water partition coefficient (Wildman–Crippen LogP) is 3.67. The van der Waals surface area contributed by atoms with E-state index in [1.54, 1.807) is 0 Å². The van der Waals surface area contributed by atoms with Gasteiger partial charge in [0.2, 0.25) is 0 Å². The Balaban J connectivity index is 1.93. The first-order chi connectivity index (χ1) is 9.24. The quantitative estimate of drug-likeness (QED) is 0.835. The van der Waals surface area contributed by atoms with Crippen molar-refractivity contribution in [2.45, 2.75) is 64.7 Å². The van der Waals surface area contributed by atoms with Crippen LogP contribution in [0.4, 0.5) is 0 Å². The van der Waals surface area contributed by atoms with Crippen molar-refractivity contribution in [3.63, 3.8) is 0 Å². The number of rotatable bonds is 4. The minimum absolute atomic E-state index is 0.561. The zero-order valence-electron chi connectivity index (χ0n) is 13.2. The van der Waals surface area contributed by atoms with E-state index < -0.39 is 0 Å². The largest absolute Gasteiger partial charge is 0.319 e. The van der Waals surface area contributed by atoms with E-state index in [-0.39, 0.29) is 0 Å². The third kappa shape index (κ3) is 4.75. The topological polar surface area (TPSA) is 15.3 Å². The maximum Gasteiger partial charge on any atom is 0.00502 e. The van der Waals surface area contributed by atoms with Crippen LogP contribution in [-0.4, -0.2) is 38.1 Å². The highest BCUT2D eigenvalue weighted by atomic mass is 15.1. The number of hydrogen-bond donors (Lipinski definition) is 1. The molecule has 0 radical (unpaired) electrons. The average molecular weight is 266 g/mol. The van der Waals surface area contributed by atoms with Crippen molar-refractivity contribution in [1.82, 2.24) is 10.2 Å². The Morgan fingerprint density at radius 3 is 2.37 bits per heavy atom. The van der Waals surface area contributed by atoms with E-state index in [2.05, 4.69) is 24.2 Å². The molecule has 1 aliphatic carbocycles. The second kappa shape index (κ2) is 7.64. The van der Waals surface area contributed by atoms with Crippen LogP contribution in [0.1, 0.15) is 64.7 Å². The summed E-state index contributed by atoms with van der Waals surface area (Å²) >= 11 is 0. The van der Waals surface area contributed by atoms with Gasteiger partial charge in [0, 0.05) is 13.1 Å². The van der Waals surface area contributed by atoms with Gasteiger partial charge in [0.15, 0.2) is 0 Å². The smallest absolute Gasteiger partial charge is 0.00502 e. The van der Waals surface area contributed by atoms with Crippen LogP contribution in [0.25, 0.3) is 0 Å². The summed E-state index contributed by atoms with van der Waals surface area (Å²) in [5, 5.41) is 3.49. The van der Waals surface area contributed by atoms with E-state index >= 15 is 0 Å². The summed E-state index contributed by atoms with van der Waals surface area (Å²) in [7, 11) is 2.13. The molecule has 112 valence electrons. The van der Waals surface area contributed by atoms with Crippen molar-refractivity contribution >= 4 is 0 Å². The fourth-order valence-electron chi connectivity index (χ4n) is 4.45. The average Bonchev–Trinajstić information content (AvgIpc) is 2.33. The van der Waals surface area contributed by atoms with E-state index in [4.69, 9.17) is 0 Å². The summed E-state index contributed by atoms with van der Waals surface area (Å²) < 4.78 is 0. The summed E-state index contributed by atoms with van der Waals surface area (Å²) in [5.41, 5.74) is 0.561. The van der Waals surface area contributed by atoms with Crippen LogP contribution in [0.15, 0.2) is 0 Å². The Kier molecular flexibility index (Phi) is 6.15. The summed E-state index contributed by atoms with van der Waals surface area (Å²) in [5.74, 6) is 0.928. The maximum atomic E-state index is 3.49. The molecule has 2 unspecified atom stereocenters. The summed E-state index contributed by atoms with van der Waals surface area (Å²) in [4.78, 5) is 2.79. The first kappa shape index (κ1) is 15.3. The Morgan fingerprint density at radius 1 is 1.05 bits per heavy atom. The second-order valence-corrected chi connectivity index (χ2v) is 7.28. The zero-order valence-corrected chi connectivity index (χ0v) is 13.2. The molecule has 2 fully saturated rings. The van der Waals surface area contributed by atoms with Crippen LogP contribution >= 0.6 is 0 Å². The van der Waals surface area contributed by atoms with E-state index in [9.17, 15) is 0 Å². The van der Waals surface area contributed by atoms with Crippen LogP contribution in [-0.2, 0) is 0 Å². The SMILES string of the molecule is CNCC1(CN2CCCCCCC2)CCCC(C)C1. The molecule has 0 aromatic heterocycles. The molecule has 2 rings (SSSR count). The van der Waals surface area contributed by atoms with E-state index in [1.165, 1.54) is 84.0 Å². The molecule has 0 spiro atoms.